The first-order valence-electron chi connectivity index (χ1n) is 5.05. The van der Waals surface area contributed by atoms with Gasteiger partial charge in [0.1, 0.15) is 6.29 Å². The maximum absolute atomic E-state index is 10.0. The lowest BCUT2D eigenvalue weighted by Gasteiger charge is -1.90. The Morgan fingerprint density at radius 2 is 1.50 bits per heavy atom. The van der Waals surface area contributed by atoms with E-state index >= 15 is 0 Å². The van der Waals surface area contributed by atoms with E-state index < -0.39 is 0 Å². The fourth-order valence-corrected chi connectivity index (χ4v) is 1.10. The number of carbonyl (C=O) groups excluding carboxylic acids is 1. The van der Waals surface area contributed by atoms with Gasteiger partial charge in [-0.05, 0) is 19.1 Å². The van der Waals surface area contributed by atoms with Crippen LogP contribution in [-0.2, 0) is 0 Å². The molecule has 0 spiro atoms. The Labute approximate surface area is 95.7 Å². The maximum Gasteiger partial charge on any atom is 0.150 e. The summed E-state index contributed by atoms with van der Waals surface area (Å²) in [7, 11) is 0. The standard InChI is InChI=1S/C7H9N.C7H6O/c1-6-2-4-7(8)5-3-6;8-6-7-4-2-1-3-5-7/h2-5H,8H2,1H3;1-6H. The lowest BCUT2D eigenvalue weighted by Crippen LogP contribution is -1.81. The van der Waals surface area contributed by atoms with Gasteiger partial charge in [0.05, 0.1) is 0 Å². The normalized spacial score (nSPS) is 8.81. The topological polar surface area (TPSA) is 43.1 Å². The van der Waals surface area contributed by atoms with Crippen LogP contribution in [0.5, 0.6) is 0 Å². The number of nitrogen functional groups attached to an aromatic ring is 1. The number of aldehydes is 1. The summed E-state index contributed by atoms with van der Waals surface area (Å²) in [6, 6.07) is 16.9. The molecule has 0 saturated heterocycles. The van der Waals surface area contributed by atoms with E-state index in [0.29, 0.717) is 0 Å². The van der Waals surface area contributed by atoms with Crippen molar-refractivity contribution in [3.05, 3.63) is 65.7 Å². The summed E-state index contributed by atoms with van der Waals surface area (Å²) in [6.07, 6.45) is 0.833. The first-order chi connectivity index (χ1) is 7.72. The number of hydrogen-bond donors (Lipinski definition) is 1. The minimum atomic E-state index is 0.729. The fourth-order valence-electron chi connectivity index (χ4n) is 1.10. The molecule has 0 aliphatic carbocycles. The molecule has 0 aliphatic rings. The van der Waals surface area contributed by atoms with E-state index in [-0.39, 0.29) is 0 Å². The van der Waals surface area contributed by atoms with Gasteiger partial charge in [0.25, 0.3) is 0 Å². The van der Waals surface area contributed by atoms with Crippen molar-refractivity contribution in [1.29, 1.82) is 0 Å². The summed E-state index contributed by atoms with van der Waals surface area (Å²) in [5.41, 5.74) is 8.23. The van der Waals surface area contributed by atoms with Crippen LogP contribution in [0.3, 0.4) is 0 Å². The number of hydrogen-bond acceptors (Lipinski definition) is 2. The molecule has 0 radical (unpaired) electrons. The lowest BCUT2D eigenvalue weighted by atomic mass is 10.2. The third kappa shape index (κ3) is 4.42. The average molecular weight is 213 g/mol. The van der Waals surface area contributed by atoms with E-state index in [1.54, 1.807) is 12.1 Å². The van der Waals surface area contributed by atoms with Crippen LogP contribution in [0.1, 0.15) is 15.9 Å². The third-order valence-corrected chi connectivity index (χ3v) is 2.01. The van der Waals surface area contributed by atoms with Crippen molar-refractivity contribution < 1.29 is 4.79 Å². The van der Waals surface area contributed by atoms with Gasteiger partial charge in [0, 0.05) is 11.3 Å². The van der Waals surface area contributed by atoms with Crippen LogP contribution in [0.25, 0.3) is 0 Å². The van der Waals surface area contributed by atoms with Crippen molar-refractivity contribution in [2.45, 2.75) is 6.92 Å². The largest absolute Gasteiger partial charge is 0.399 e. The monoisotopic (exact) mass is 213 g/mol. The number of anilines is 1. The molecule has 2 aromatic carbocycles. The molecule has 2 heteroatoms. The van der Waals surface area contributed by atoms with Crippen LogP contribution in [0.4, 0.5) is 5.69 Å². The van der Waals surface area contributed by atoms with Crippen molar-refractivity contribution in [1.82, 2.24) is 0 Å². The SMILES string of the molecule is Cc1ccc(N)cc1.O=Cc1ccccc1. The van der Waals surface area contributed by atoms with Crippen LogP contribution in [0.2, 0.25) is 0 Å². The van der Waals surface area contributed by atoms with Gasteiger partial charge in [-0.25, -0.2) is 0 Å². The first kappa shape index (κ1) is 12.0. The molecule has 82 valence electrons. The van der Waals surface area contributed by atoms with Gasteiger partial charge in [0.2, 0.25) is 0 Å². The van der Waals surface area contributed by atoms with Gasteiger partial charge in [-0.1, -0.05) is 48.0 Å². The summed E-state index contributed by atoms with van der Waals surface area (Å²) in [4.78, 5) is 10.0. The second kappa shape index (κ2) is 6.40. The lowest BCUT2D eigenvalue weighted by molar-refractivity contribution is 0.112. The molecule has 0 heterocycles. The molecule has 0 amide bonds. The van der Waals surface area contributed by atoms with E-state index in [2.05, 4.69) is 0 Å². The molecule has 0 atom stereocenters. The molecular formula is C14H15NO. The molecule has 16 heavy (non-hydrogen) atoms. The number of benzene rings is 2. The van der Waals surface area contributed by atoms with E-state index in [0.717, 1.165) is 17.5 Å². The van der Waals surface area contributed by atoms with Crippen molar-refractivity contribution in [2.24, 2.45) is 0 Å². The van der Waals surface area contributed by atoms with Crippen LogP contribution in [0.15, 0.2) is 54.6 Å². The second-order valence-corrected chi connectivity index (χ2v) is 3.44. The molecule has 0 fully saturated rings. The molecular weight excluding hydrogens is 198 g/mol. The Kier molecular flexibility index (Phi) is 4.80. The number of nitrogens with two attached hydrogens (primary N) is 1. The number of rotatable bonds is 1. The quantitative estimate of drug-likeness (QED) is 0.584. The summed E-state index contributed by atoms with van der Waals surface area (Å²) >= 11 is 0. The predicted octanol–water partition coefficient (Wildman–Crippen LogP) is 3.08. The van der Waals surface area contributed by atoms with Gasteiger partial charge < -0.3 is 5.73 Å². The summed E-state index contributed by atoms with van der Waals surface area (Å²) in [6.45, 7) is 2.04. The molecule has 0 aromatic heterocycles. The molecule has 0 bridgehead atoms. The van der Waals surface area contributed by atoms with Gasteiger partial charge in [-0.15, -0.1) is 0 Å². The molecule has 2 N–H and O–H groups in total. The highest BCUT2D eigenvalue weighted by Crippen LogP contribution is 2.02. The van der Waals surface area contributed by atoms with Crippen LogP contribution in [-0.4, -0.2) is 6.29 Å². The Morgan fingerprint density at radius 1 is 0.938 bits per heavy atom. The Morgan fingerprint density at radius 3 is 1.88 bits per heavy atom. The van der Waals surface area contributed by atoms with E-state index in [1.165, 1.54) is 5.56 Å². The predicted molar refractivity (Wildman–Crippen MR) is 67.4 cm³/mol. The smallest absolute Gasteiger partial charge is 0.150 e. The zero-order chi connectivity index (χ0) is 11.8. The average Bonchev–Trinajstić information content (AvgIpc) is 2.35. The summed E-state index contributed by atoms with van der Waals surface area (Å²) in [5.74, 6) is 0. The van der Waals surface area contributed by atoms with Crippen molar-refractivity contribution in [3.8, 4) is 0 Å². The highest BCUT2D eigenvalue weighted by atomic mass is 16.1. The highest BCUT2D eigenvalue weighted by Gasteiger charge is 1.80. The molecule has 0 unspecified atom stereocenters. The number of carbonyl (C=O) groups is 1. The Balaban J connectivity index is 0.000000160. The Bertz CT molecular complexity index is 399. The van der Waals surface area contributed by atoms with Crippen molar-refractivity contribution >= 4 is 12.0 Å². The molecule has 2 rings (SSSR count). The minimum Gasteiger partial charge on any atom is -0.399 e. The first-order valence-corrected chi connectivity index (χ1v) is 5.05. The van der Waals surface area contributed by atoms with Gasteiger partial charge in [-0.2, -0.15) is 0 Å². The van der Waals surface area contributed by atoms with E-state index in [9.17, 15) is 4.79 Å². The van der Waals surface area contributed by atoms with Gasteiger partial charge >= 0.3 is 0 Å². The van der Waals surface area contributed by atoms with E-state index in [4.69, 9.17) is 5.73 Å². The van der Waals surface area contributed by atoms with Crippen molar-refractivity contribution in [2.75, 3.05) is 5.73 Å². The Hall–Kier alpha value is -2.09. The second-order valence-electron chi connectivity index (χ2n) is 3.44. The maximum atomic E-state index is 10.0. The minimum absolute atomic E-state index is 0.729. The highest BCUT2D eigenvalue weighted by molar-refractivity contribution is 5.74. The summed E-state index contributed by atoms with van der Waals surface area (Å²) in [5, 5.41) is 0. The third-order valence-electron chi connectivity index (χ3n) is 2.01. The molecule has 0 saturated carbocycles. The zero-order valence-corrected chi connectivity index (χ0v) is 9.26. The van der Waals surface area contributed by atoms with Crippen LogP contribution < -0.4 is 5.73 Å². The fraction of sp³-hybridized carbons (Fsp3) is 0.0714. The van der Waals surface area contributed by atoms with E-state index in [1.807, 2.05) is 49.4 Å². The van der Waals surface area contributed by atoms with Gasteiger partial charge in [0.15, 0.2) is 0 Å². The van der Waals surface area contributed by atoms with Crippen LogP contribution >= 0.6 is 0 Å². The van der Waals surface area contributed by atoms with Crippen molar-refractivity contribution in [3.63, 3.8) is 0 Å². The molecule has 0 aliphatic heterocycles. The molecule has 2 aromatic rings. The molecule has 2 nitrogen and oxygen atoms in total. The summed E-state index contributed by atoms with van der Waals surface area (Å²) < 4.78 is 0. The van der Waals surface area contributed by atoms with Gasteiger partial charge in [-0.3, -0.25) is 4.79 Å². The zero-order valence-electron chi connectivity index (χ0n) is 9.26. The number of aryl methyl sites for hydroxylation is 1. The van der Waals surface area contributed by atoms with Crippen LogP contribution in [0, 0.1) is 6.92 Å².